The van der Waals surface area contributed by atoms with Crippen LogP contribution in [0.15, 0.2) is 12.1 Å². The van der Waals surface area contributed by atoms with Crippen LogP contribution in [0.4, 0.5) is 5.00 Å². The van der Waals surface area contributed by atoms with E-state index in [1.807, 2.05) is 26.0 Å². The minimum atomic E-state index is -0.732. The van der Waals surface area contributed by atoms with E-state index in [4.69, 9.17) is 21.1 Å². The fourth-order valence-electron chi connectivity index (χ4n) is 3.52. The predicted molar refractivity (Wildman–Crippen MR) is 117 cm³/mol. The normalized spacial score (nSPS) is 14.1. The molecule has 1 aliphatic rings. The van der Waals surface area contributed by atoms with Crippen LogP contribution < -0.4 is 10.1 Å². The zero-order valence-corrected chi connectivity index (χ0v) is 18.8. The molecule has 0 fully saturated rings. The summed E-state index contributed by atoms with van der Waals surface area (Å²) in [7, 11) is 0. The fraction of sp³-hybridized carbons (Fsp3) is 0.455. The van der Waals surface area contributed by atoms with E-state index in [1.54, 1.807) is 13.8 Å². The highest BCUT2D eigenvalue weighted by atomic mass is 35.5. The van der Waals surface area contributed by atoms with Gasteiger partial charge in [-0.05, 0) is 82.2 Å². The number of esters is 1. The number of anilines is 1. The van der Waals surface area contributed by atoms with E-state index in [1.165, 1.54) is 11.3 Å². The maximum atomic E-state index is 12.8. The Morgan fingerprint density at radius 1 is 1.21 bits per heavy atom. The third-order valence-electron chi connectivity index (χ3n) is 4.98. The molecule has 156 valence electrons. The highest BCUT2D eigenvalue weighted by Gasteiger charge is 2.28. The third-order valence-corrected chi connectivity index (χ3v) is 6.78. The molecule has 2 aromatic rings. The van der Waals surface area contributed by atoms with Crippen LogP contribution in [0.3, 0.4) is 0 Å². The zero-order chi connectivity index (χ0) is 21.1. The van der Waals surface area contributed by atoms with Crippen molar-refractivity contribution in [3.8, 4) is 5.75 Å². The monoisotopic (exact) mass is 435 g/mol. The van der Waals surface area contributed by atoms with Crippen molar-refractivity contribution in [2.75, 3.05) is 11.9 Å². The van der Waals surface area contributed by atoms with Crippen LogP contribution in [0.5, 0.6) is 5.75 Å². The number of thiophene rings is 1. The van der Waals surface area contributed by atoms with Gasteiger partial charge in [0.15, 0.2) is 6.10 Å². The average Bonchev–Trinajstić information content (AvgIpc) is 3.04. The molecule has 1 atom stereocenters. The first-order valence-corrected chi connectivity index (χ1v) is 11.1. The number of hydrogen-bond acceptors (Lipinski definition) is 5. The van der Waals surface area contributed by atoms with Crippen LogP contribution in [-0.2, 0) is 22.4 Å². The molecule has 1 aliphatic carbocycles. The number of amides is 1. The van der Waals surface area contributed by atoms with Crippen molar-refractivity contribution in [3.63, 3.8) is 0 Å². The van der Waals surface area contributed by atoms with Crippen molar-refractivity contribution in [1.82, 2.24) is 0 Å². The Labute approximate surface area is 180 Å². The second-order valence-electron chi connectivity index (χ2n) is 7.26. The third kappa shape index (κ3) is 4.75. The van der Waals surface area contributed by atoms with E-state index in [0.717, 1.165) is 47.3 Å². The van der Waals surface area contributed by atoms with Crippen LogP contribution in [-0.4, -0.2) is 24.6 Å². The summed E-state index contributed by atoms with van der Waals surface area (Å²) in [5.41, 5.74) is 3.31. The van der Waals surface area contributed by atoms with E-state index in [9.17, 15) is 9.59 Å². The van der Waals surface area contributed by atoms with E-state index >= 15 is 0 Å². The van der Waals surface area contributed by atoms with E-state index < -0.39 is 6.10 Å². The number of nitrogens with one attached hydrogen (secondary N) is 1. The van der Waals surface area contributed by atoms with Gasteiger partial charge in [0, 0.05) is 9.90 Å². The minimum Gasteiger partial charge on any atom is -0.481 e. The van der Waals surface area contributed by atoms with Gasteiger partial charge in [-0.15, -0.1) is 11.3 Å². The van der Waals surface area contributed by atoms with Crippen molar-refractivity contribution in [2.24, 2.45) is 0 Å². The number of rotatable bonds is 6. The lowest BCUT2D eigenvalue weighted by atomic mass is 9.95. The molecule has 3 rings (SSSR count). The Hall–Kier alpha value is -2.05. The summed E-state index contributed by atoms with van der Waals surface area (Å²) >= 11 is 7.67. The second kappa shape index (κ2) is 9.18. The maximum absolute atomic E-state index is 12.8. The molecule has 0 saturated carbocycles. The summed E-state index contributed by atoms with van der Waals surface area (Å²) in [6, 6.07) is 3.63. The molecule has 0 radical (unpaired) electrons. The number of fused-ring (bicyclic) bond motifs is 1. The first-order valence-electron chi connectivity index (χ1n) is 9.87. The van der Waals surface area contributed by atoms with Crippen LogP contribution in [0.1, 0.15) is 58.6 Å². The topological polar surface area (TPSA) is 64.6 Å². The van der Waals surface area contributed by atoms with Gasteiger partial charge in [0.25, 0.3) is 5.91 Å². The summed E-state index contributed by atoms with van der Waals surface area (Å²) < 4.78 is 11.1. The second-order valence-corrected chi connectivity index (χ2v) is 8.74. The minimum absolute atomic E-state index is 0.297. The van der Waals surface area contributed by atoms with Gasteiger partial charge in [-0.25, -0.2) is 4.79 Å². The molecular weight excluding hydrogens is 410 g/mol. The molecule has 5 nitrogen and oxygen atoms in total. The highest BCUT2D eigenvalue weighted by Crippen LogP contribution is 2.38. The molecule has 0 saturated heterocycles. The number of aryl methyl sites for hydroxylation is 3. The first-order chi connectivity index (χ1) is 13.8. The Morgan fingerprint density at radius 2 is 1.86 bits per heavy atom. The Kier molecular flexibility index (Phi) is 6.85. The van der Waals surface area contributed by atoms with Crippen molar-refractivity contribution in [2.45, 2.75) is 59.5 Å². The number of benzene rings is 1. The lowest BCUT2D eigenvalue weighted by Gasteiger charge is -2.16. The molecule has 29 heavy (non-hydrogen) atoms. The standard InChI is InChI=1S/C22H26ClNO4S/c1-5-27-22(26)18-16-8-6-7-9-17(16)29-21(18)24-20(25)14(4)28-15-10-12(2)19(23)13(3)11-15/h10-11,14H,5-9H2,1-4H3,(H,24,25)/t14-/m1/s1. The number of halogens is 1. The summed E-state index contributed by atoms with van der Waals surface area (Å²) in [6.45, 7) is 7.56. The van der Waals surface area contributed by atoms with Gasteiger partial charge in [0.1, 0.15) is 10.8 Å². The average molecular weight is 436 g/mol. The molecule has 0 bridgehead atoms. The Bertz CT molecular complexity index is 914. The quantitative estimate of drug-likeness (QED) is 0.610. The smallest absolute Gasteiger partial charge is 0.341 e. The molecule has 7 heteroatoms. The molecule has 0 aliphatic heterocycles. The van der Waals surface area contributed by atoms with Gasteiger partial charge >= 0.3 is 5.97 Å². The SMILES string of the molecule is CCOC(=O)c1c(NC(=O)[C@@H](C)Oc2cc(C)c(Cl)c(C)c2)sc2c1CCCC2. The van der Waals surface area contributed by atoms with Crippen LogP contribution in [0, 0.1) is 13.8 Å². The molecule has 0 unspecified atom stereocenters. The van der Waals surface area contributed by atoms with E-state index in [0.29, 0.717) is 27.9 Å². The summed E-state index contributed by atoms with van der Waals surface area (Å²) in [5, 5.41) is 4.14. The molecule has 1 heterocycles. The summed E-state index contributed by atoms with van der Waals surface area (Å²) in [6.07, 6.45) is 3.17. The molecule has 1 N–H and O–H groups in total. The molecular formula is C22H26ClNO4S. The van der Waals surface area contributed by atoms with Crippen molar-refractivity contribution >= 4 is 39.8 Å². The lowest BCUT2D eigenvalue weighted by molar-refractivity contribution is -0.122. The molecule has 1 aromatic heterocycles. The Morgan fingerprint density at radius 3 is 2.52 bits per heavy atom. The van der Waals surface area contributed by atoms with Crippen molar-refractivity contribution in [1.29, 1.82) is 0 Å². The maximum Gasteiger partial charge on any atom is 0.341 e. The fourth-order valence-corrected chi connectivity index (χ4v) is 4.91. The number of carbonyl (C=O) groups is 2. The van der Waals surface area contributed by atoms with Gasteiger partial charge in [0.2, 0.25) is 0 Å². The number of ether oxygens (including phenoxy) is 2. The van der Waals surface area contributed by atoms with Gasteiger partial charge in [-0.1, -0.05) is 11.6 Å². The van der Waals surface area contributed by atoms with Gasteiger partial charge in [0.05, 0.1) is 12.2 Å². The molecule has 0 spiro atoms. The number of carbonyl (C=O) groups excluding carboxylic acids is 2. The van der Waals surface area contributed by atoms with Crippen LogP contribution in [0.2, 0.25) is 5.02 Å². The van der Waals surface area contributed by atoms with Gasteiger partial charge < -0.3 is 14.8 Å². The summed E-state index contributed by atoms with van der Waals surface area (Å²) in [5.74, 6) is -0.0951. The first kappa shape index (κ1) is 21.7. The van der Waals surface area contributed by atoms with Crippen LogP contribution >= 0.6 is 22.9 Å². The number of hydrogen-bond donors (Lipinski definition) is 1. The largest absolute Gasteiger partial charge is 0.481 e. The predicted octanol–water partition coefficient (Wildman–Crippen LogP) is 5.48. The van der Waals surface area contributed by atoms with Gasteiger partial charge in [-0.2, -0.15) is 0 Å². The summed E-state index contributed by atoms with van der Waals surface area (Å²) in [4.78, 5) is 26.5. The lowest BCUT2D eigenvalue weighted by Crippen LogP contribution is -2.30. The molecule has 1 aromatic carbocycles. The highest BCUT2D eigenvalue weighted by molar-refractivity contribution is 7.17. The van der Waals surface area contributed by atoms with Crippen molar-refractivity contribution < 1.29 is 19.1 Å². The Balaban J connectivity index is 1.79. The van der Waals surface area contributed by atoms with Crippen LogP contribution in [0.25, 0.3) is 0 Å². The zero-order valence-electron chi connectivity index (χ0n) is 17.2. The van der Waals surface area contributed by atoms with E-state index in [-0.39, 0.29) is 11.9 Å². The molecule has 1 amide bonds. The van der Waals surface area contributed by atoms with Gasteiger partial charge in [-0.3, -0.25) is 4.79 Å². The van der Waals surface area contributed by atoms with E-state index in [2.05, 4.69) is 5.32 Å². The van der Waals surface area contributed by atoms with Crippen molar-refractivity contribution in [3.05, 3.63) is 44.3 Å².